The van der Waals surface area contributed by atoms with Crippen molar-refractivity contribution in [1.29, 1.82) is 0 Å². The van der Waals surface area contributed by atoms with Crippen LogP contribution in [-0.2, 0) is 14.8 Å². The summed E-state index contributed by atoms with van der Waals surface area (Å²) in [6.07, 6.45) is 0.297. The lowest BCUT2D eigenvalue weighted by Gasteiger charge is -2.28. The molecule has 1 aliphatic heterocycles. The smallest absolute Gasteiger partial charge is 0.307 e. The first-order valence-corrected chi connectivity index (χ1v) is 8.83. The molecule has 0 aliphatic carbocycles. The highest BCUT2D eigenvalue weighted by molar-refractivity contribution is 7.89. The maximum Gasteiger partial charge on any atom is 0.307 e. The molecule has 0 spiro atoms. The molecular formula is C15H22N2O4S. The second-order valence-electron chi connectivity index (χ2n) is 5.97. The van der Waals surface area contributed by atoms with Crippen molar-refractivity contribution < 1.29 is 18.3 Å². The molecule has 22 heavy (non-hydrogen) atoms. The van der Waals surface area contributed by atoms with Gasteiger partial charge in [0.1, 0.15) is 0 Å². The van der Waals surface area contributed by atoms with Gasteiger partial charge in [0, 0.05) is 19.1 Å². The highest BCUT2D eigenvalue weighted by Gasteiger charge is 2.29. The quantitative estimate of drug-likeness (QED) is 0.754. The van der Waals surface area contributed by atoms with E-state index < -0.39 is 28.0 Å². The minimum absolute atomic E-state index is 0.203. The van der Waals surface area contributed by atoms with Crippen LogP contribution in [0.25, 0.3) is 0 Å². The highest BCUT2D eigenvalue weighted by atomic mass is 32.2. The zero-order valence-corrected chi connectivity index (χ0v) is 13.6. The molecule has 7 heteroatoms. The van der Waals surface area contributed by atoms with Gasteiger partial charge in [-0.3, -0.25) is 4.79 Å². The predicted molar refractivity (Wildman–Crippen MR) is 83.3 cm³/mol. The monoisotopic (exact) mass is 326 g/mol. The van der Waals surface area contributed by atoms with Crippen LogP contribution in [0.4, 0.5) is 0 Å². The Bertz CT molecular complexity index is 625. The number of carbonyl (C=O) groups is 1. The summed E-state index contributed by atoms with van der Waals surface area (Å²) in [5, 5.41) is 12.0. The number of nitrogens with one attached hydrogen (secondary N) is 2. The minimum atomic E-state index is -3.63. The van der Waals surface area contributed by atoms with Gasteiger partial charge >= 0.3 is 5.97 Å². The summed E-state index contributed by atoms with van der Waals surface area (Å²) in [4.78, 5) is 11.2. The highest BCUT2D eigenvalue weighted by Crippen LogP contribution is 2.19. The molecule has 1 aliphatic rings. The van der Waals surface area contributed by atoms with Crippen molar-refractivity contribution in [1.82, 2.24) is 10.0 Å². The standard InChI is InChI=1S/C15H22N2O4S/c1-10(2)11-3-5-14(6-4-11)22(20,21)17-13-7-12(15(18)19)8-16-9-13/h3-6,10,12-13,16-17H,7-9H2,1-2H3,(H,18,19). The fourth-order valence-electron chi connectivity index (χ4n) is 2.54. The largest absolute Gasteiger partial charge is 0.481 e. The van der Waals surface area contributed by atoms with E-state index in [0.29, 0.717) is 25.4 Å². The van der Waals surface area contributed by atoms with Gasteiger partial charge in [0.25, 0.3) is 0 Å². The van der Waals surface area contributed by atoms with Gasteiger partial charge in [0.15, 0.2) is 0 Å². The zero-order valence-electron chi connectivity index (χ0n) is 12.7. The summed E-state index contributed by atoms with van der Waals surface area (Å²) >= 11 is 0. The van der Waals surface area contributed by atoms with Crippen LogP contribution in [0.2, 0.25) is 0 Å². The van der Waals surface area contributed by atoms with Crippen LogP contribution in [0.15, 0.2) is 29.2 Å². The summed E-state index contributed by atoms with van der Waals surface area (Å²) < 4.78 is 27.3. The number of hydrogen-bond acceptors (Lipinski definition) is 4. The molecule has 1 aromatic carbocycles. The number of benzene rings is 1. The first-order chi connectivity index (χ1) is 10.3. The number of sulfonamides is 1. The third kappa shape index (κ3) is 4.06. The van der Waals surface area contributed by atoms with Gasteiger partial charge in [0.2, 0.25) is 10.0 Å². The van der Waals surface area contributed by atoms with E-state index in [1.165, 1.54) is 0 Å². The SMILES string of the molecule is CC(C)c1ccc(S(=O)(=O)NC2CNCC(C(=O)O)C2)cc1. The van der Waals surface area contributed by atoms with E-state index in [0.717, 1.165) is 5.56 Å². The normalized spacial score (nSPS) is 22.7. The molecule has 1 fully saturated rings. The molecule has 2 rings (SSSR count). The van der Waals surface area contributed by atoms with Gasteiger partial charge in [-0.1, -0.05) is 26.0 Å². The van der Waals surface area contributed by atoms with Crippen molar-refractivity contribution in [2.75, 3.05) is 13.1 Å². The van der Waals surface area contributed by atoms with Crippen LogP contribution in [0.5, 0.6) is 0 Å². The third-order valence-electron chi connectivity index (χ3n) is 3.88. The van der Waals surface area contributed by atoms with E-state index in [4.69, 9.17) is 5.11 Å². The summed E-state index contributed by atoms with van der Waals surface area (Å²) in [6.45, 7) is 4.90. The van der Waals surface area contributed by atoms with E-state index in [1.54, 1.807) is 24.3 Å². The number of piperidine rings is 1. The Kier molecular flexibility index (Phi) is 5.20. The molecular weight excluding hydrogens is 304 g/mol. The summed E-state index contributed by atoms with van der Waals surface area (Å²) in [5.41, 5.74) is 1.07. The van der Waals surface area contributed by atoms with Crippen LogP contribution in [0, 0.1) is 5.92 Å². The van der Waals surface area contributed by atoms with Gasteiger partial charge in [0.05, 0.1) is 10.8 Å². The molecule has 0 amide bonds. The number of rotatable bonds is 5. The average Bonchev–Trinajstić information content (AvgIpc) is 2.47. The summed E-state index contributed by atoms with van der Waals surface area (Å²) in [7, 11) is -3.63. The van der Waals surface area contributed by atoms with Crippen molar-refractivity contribution in [2.45, 2.75) is 37.1 Å². The topological polar surface area (TPSA) is 95.5 Å². The lowest BCUT2D eigenvalue weighted by atomic mass is 9.97. The van der Waals surface area contributed by atoms with Crippen LogP contribution >= 0.6 is 0 Å². The zero-order chi connectivity index (χ0) is 16.3. The molecule has 0 bridgehead atoms. The molecule has 0 saturated carbocycles. The Morgan fingerprint density at radius 3 is 2.45 bits per heavy atom. The Hall–Kier alpha value is -1.44. The van der Waals surface area contributed by atoms with Crippen molar-refractivity contribution >= 4 is 16.0 Å². The van der Waals surface area contributed by atoms with Gasteiger partial charge in [-0.2, -0.15) is 0 Å². The minimum Gasteiger partial charge on any atom is -0.481 e. The first-order valence-electron chi connectivity index (χ1n) is 7.35. The molecule has 2 unspecified atom stereocenters. The van der Waals surface area contributed by atoms with Crippen molar-refractivity contribution in [3.05, 3.63) is 29.8 Å². The van der Waals surface area contributed by atoms with Crippen LogP contribution in [0.1, 0.15) is 31.7 Å². The first kappa shape index (κ1) is 16.9. The van der Waals surface area contributed by atoms with Crippen LogP contribution in [0.3, 0.4) is 0 Å². The second-order valence-corrected chi connectivity index (χ2v) is 7.69. The Morgan fingerprint density at radius 2 is 1.91 bits per heavy atom. The predicted octanol–water partition coefficient (Wildman–Crippen LogP) is 1.15. The maximum atomic E-state index is 12.4. The fourth-order valence-corrected chi connectivity index (χ4v) is 3.79. The number of aliphatic carboxylic acids is 1. The molecule has 122 valence electrons. The van der Waals surface area contributed by atoms with Crippen molar-refractivity contribution in [3.63, 3.8) is 0 Å². The third-order valence-corrected chi connectivity index (χ3v) is 5.42. The van der Waals surface area contributed by atoms with Crippen molar-refractivity contribution in [2.24, 2.45) is 5.92 Å². The Balaban J connectivity index is 2.08. The van der Waals surface area contributed by atoms with Crippen LogP contribution in [-0.4, -0.2) is 38.6 Å². The lowest BCUT2D eigenvalue weighted by molar-refractivity contribution is -0.142. The van der Waals surface area contributed by atoms with E-state index in [-0.39, 0.29) is 4.90 Å². The number of hydrogen-bond donors (Lipinski definition) is 3. The fraction of sp³-hybridized carbons (Fsp3) is 0.533. The van der Waals surface area contributed by atoms with E-state index in [1.807, 2.05) is 13.8 Å². The van der Waals surface area contributed by atoms with Gasteiger partial charge < -0.3 is 10.4 Å². The molecule has 2 atom stereocenters. The lowest BCUT2D eigenvalue weighted by Crippen LogP contribution is -2.50. The molecule has 3 N–H and O–H groups in total. The Labute approximate surface area is 131 Å². The molecule has 1 saturated heterocycles. The van der Waals surface area contributed by atoms with Gasteiger partial charge in [-0.25, -0.2) is 13.1 Å². The summed E-state index contributed by atoms with van der Waals surface area (Å²) in [5.74, 6) is -1.13. The van der Waals surface area contributed by atoms with E-state index in [9.17, 15) is 13.2 Å². The molecule has 1 heterocycles. The molecule has 0 radical (unpaired) electrons. The molecule has 0 aromatic heterocycles. The maximum absolute atomic E-state index is 12.4. The number of carboxylic acids is 1. The van der Waals surface area contributed by atoms with Gasteiger partial charge in [-0.05, 0) is 30.0 Å². The Morgan fingerprint density at radius 1 is 1.27 bits per heavy atom. The van der Waals surface area contributed by atoms with E-state index >= 15 is 0 Å². The van der Waals surface area contributed by atoms with Gasteiger partial charge in [-0.15, -0.1) is 0 Å². The van der Waals surface area contributed by atoms with E-state index in [2.05, 4.69) is 10.0 Å². The second kappa shape index (κ2) is 6.76. The summed E-state index contributed by atoms with van der Waals surface area (Å²) in [6, 6.07) is 6.37. The number of carboxylic acid groups (broad SMARTS) is 1. The molecule has 6 nitrogen and oxygen atoms in total. The molecule has 1 aromatic rings. The van der Waals surface area contributed by atoms with Crippen molar-refractivity contribution in [3.8, 4) is 0 Å². The van der Waals surface area contributed by atoms with Crippen LogP contribution < -0.4 is 10.0 Å². The average molecular weight is 326 g/mol.